The minimum atomic E-state index is -0.340. The summed E-state index contributed by atoms with van der Waals surface area (Å²) in [6.07, 6.45) is 0. The highest BCUT2D eigenvalue weighted by atomic mass is 35.5. The Balaban J connectivity index is 2.70. The van der Waals surface area contributed by atoms with E-state index in [9.17, 15) is 0 Å². The molecule has 0 saturated carbocycles. The van der Waals surface area contributed by atoms with Crippen molar-refractivity contribution in [2.75, 3.05) is 13.7 Å². The standard InChI is InChI=1S/C14H21Cl2N3O/c1-9(11-6-5-10(15)7-12(11)16)19-13(17)18-8-14(2,3)20-4/h5-7,9H,8H2,1-4H3,(H3,17,18,19). The van der Waals surface area contributed by atoms with Crippen LogP contribution in [0.4, 0.5) is 0 Å². The first-order chi connectivity index (χ1) is 9.25. The Kier molecular flexibility index (Phi) is 6.11. The first-order valence-corrected chi connectivity index (χ1v) is 7.07. The number of nitrogens with zero attached hydrogens (tertiary/aromatic N) is 1. The van der Waals surface area contributed by atoms with Crippen LogP contribution in [-0.4, -0.2) is 25.2 Å². The van der Waals surface area contributed by atoms with Gasteiger partial charge in [0.05, 0.1) is 18.2 Å². The van der Waals surface area contributed by atoms with E-state index < -0.39 is 0 Å². The molecule has 1 atom stereocenters. The SMILES string of the molecule is COC(C)(C)CN=C(N)NC(C)c1ccc(Cl)cc1Cl. The molecule has 0 fully saturated rings. The Morgan fingerprint density at radius 1 is 1.45 bits per heavy atom. The topological polar surface area (TPSA) is 59.6 Å². The quantitative estimate of drug-likeness (QED) is 0.646. The average molecular weight is 318 g/mol. The number of aliphatic imine (C=N–C) groups is 1. The number of methoxy groups -OCH3 is 1. The highest BCUT2D eigenvalue weighted by Crippen LogP contribution is 2.25. The van der Waals surface area contributed by atoms with Crippen molar-refractivity contribution in [2.45, 2.75) is 32.4 Å². The van der Waals surface area contributed by atoms with Crippen molar-refractivity contribution < 1.29 is 4.74 Å². The first-order valence-electron chi connectivity index (χ1n) is 6.32. The van der Waals surface area contributed by atoms with Crippen molar-refractivity contribution in [3.8, 4) is 0 Å². The Labute approximate surface area is 130 Å². The van der Waals surface area contributed by atoms with Crippen LogP contribution in [0.2, 0.25) is 10.0 Å². The summed E-state index contributed by atoms with van der Waals surface area (Å²) in [6.45, 7) is 6.33. The van der Waals surface area contributed by atoms with Gasteiger partial charge in [-0.3, -0.25) is 4.99 Å². The zero-order chi connectivity index (χ0) is 15.3. The summed E-state index contributed by atoms with van der Waals surface area (Å²) < 4.78 is 5.28. The van der Waals surface area contributed by atoms with Gasteiger partial charge in [0.25, 0.3) is 0 Å². The van der Waals surface area contributed by atoms with E-state index in [1.54, 1.807) is 19.2 Å². The Hall–Kier alpha value is -0.970. The van der Waals surface area contributed by atoms with Gasteiger partial charge < -0.3 is 15.8 Å². The van der Waals surface area contributed by atoms with Crippen LogP contribution in [0.15, 0.2) is 23.2 Å². The van der Waals surface area contributed by atoms with Crippen LogP contribution < -0.4 is 11.1 Å². The third-order valence-electron chi connectivity index (χ3n) is 2.98. The number of hydrogen-bond acceptors (Lipinski definition) is 2. The fraction of sp³-hybridized carbons (Fsp3) is 0.500. The molecule has 0 aliphatic rings. The fourth-order valence-electron chi connectivity index (χ4n) is 1.54. The fourth-order valence-corrected chi connectivity index (χ4v) is 2.11. The minimum Gasteiger partial charge on any atom is -0.377 e. The zero-order valence-corrected chi connectivity index (χ0v) is 13.7. The van der Waals surface area contributed by atoms with E-state index in [0.29, 0.717) is 22.5 Å². The molecule has 0 aliphatic heterocycles. The van der Waals surface area contributed by atoms with Crippen molar-refractivity contribution in [3.05, 3.63) is 33.8 Å². The van der Waals surface area contributed by atoms with Crippen LogP contribution in [0.1, 0.15) is 32.4 Å². The minimum absolute atomic E-state index is 0.0610. The molecule has 1 aromatic rings. The normalized spacial score (nSPS) is 14.2. The summed E-state index contributed by atoms with van der Waals surface area (Å²) in [5.41, 5.74) is 6.45. The Morgan fingerprint density at radius 2 is 2.10 bits per heavy atom. The van der Waals surface area contributed by atoms with E-state index in [4.69, 9.17) is 33.7 Å². The number of nitrogens with one attached hydrogen (secondary N) is 1. The van der Waals surface area contributed by atoms with Crippen molar-refractivity contribution in [2.24, 2.45) is 10.7 Å². The van der Waals surface area contributed by atoms with Gasteiger partial charge in [0.1, 0.15) is 0 Å². The van der Waals surface area contributed by atoms with Crippen LogP contribution >= 0.6 is 23.2 Å². The summed E-state index contributed by atoms with van der Waals surface area (Å²) >= 11 is 12.0. The predicted molar refractivity (Wildman–Crippen MR) is 85.6 cm³/mol. The number of hydrogen-bond donors (Lipinski definition) is 2. The highest BCUT2D eigenvalue weighted by Gasteiger charge is 2.16. The number of ether oxygens (including phenoxy) is 1. The molecule has 0 saturated heterocycles. The third-order valence-corrected chi connectivity index (χ3v) is 3.54. The monoisotopic (exact) mass is 317 g/mol. The molecule has 3 N–H and O–H groups in total. The van der Waals surface area contributed by atoms with Crippen LogP contribution in [0, 0.1) is 0 Å². The molecule has 0 aliphatic carbocycles. The third kappa shape index (κ3) is 5.19. The Bertz CT molecular complexity index is 489. The number of nitrogens with two attached hydrogens (primary N) is 1. The van der Waals surface area contributed by atoms with Crippen molar-refractivity contribution >= 4 is 29.2 Å². The van der Waals surface area contributed by atoms with E-state index in [0.717, 1.165) is 5.56 Å². The molecule has 0 radical (unpaired) electrons. The molecule has 0 aromatic heterocycles. The lowest BCUT2D eigenvalue weighted by Gasteiger charge is -2.21. The first kappa shape index (κ1) is 17.1. The molecule has 0 spiro atoms. The second kappa shape index (κ2) is 7.16. The zero-order valence-electron chi connectivity index (χ0n) is 12.2. The van der Waals surface area contributed by atoms with Crippen LogP contribution in [0.25, 0.3) is 0 Å². The van der Waals surface area contributed by atoms with E-state index in [1.807, 2.05) is 26.8 Å². The van der Waals surface area contributed by atoms with Gasteiger partial charge in [0, 0.05) is 17.2 Å². The summed E-state index contributed by atoms with van der Waals surface area (Å²) in [5.74, 6) is 0.355. The molecule has 0 heterocycles. The van der Waals surface area contributed by atoms with Gasteiger partial charge >= 0.3 is 0 Å². The van der Waals surface area contributed by atoms with Crippen LogP contribution in [-0.2, 0) is 4.74 Å². The Morgan fingerprint density at radius 3 is 2.65 bits per heavy atom. The summed E-state index contributed by atoms with van der Waals surface area (Å²) in [6, 6.07) is 5.31. The second-order valence-corrected chi connectivity index (χ2v) is 6.04. The summed E-state index contributed by atoms with van der Waals surface area (Å²) in [5, 5.41) is 4.30. The maximum Gasteiger partial charge on any atom is 0.189 e. The van der Waals surface area contributed by atoms with E-state index in [2.05, 4.69) is 10.3 Å². The molecule has 0 amide bonds. The van der Waals surface area contributed by atoms with Gasteiger partial charge in [-0.15, -0.1) is 0 Å². The van der Waals surface area contributed by atoms with Gasteiger partial charge in [0.2, 0.25) is 0 Å². The maximum absolute atomic E-state index is 6.15. The van der Waals surface area contributed by atoms with E-state index in [-0.39, 0.29) is 11.6 Å². The molecular weight excluding hydrogens is 297 g/mol. The smallest absolute Gasteiger partial charge is 0.189 e. The lowest BCUT2D eigenvalue weighted by Crippen LogP contribution is -2.36. The number of rotatable bonds is 5. The molecular formula is C14H21Cl2N3O. The van der Waals surface area contributed by atoms with Gasteiger partial charge in [-0.05, 0) is 38.5 Å². The second-order valence-electron chi connectivity index (χ2n) is 5.20. The van der Waals surface area contributed by atoms with Gasteiger partial charge in [-0.2, -0.15) is 0 Å². The molecule has 1 aromatic carbocycles. The lowest BCUT2D eigenvalue weighted by molar-refractivity contribution is 0.0311. The molecule has 1 unspecified atom stereocenters. The van der Waals surface area contributed by atoms with Gasteiger partial charge in [-0.1, -0.05) is 29.3 Å². The van der Waals surface area contributed by atoms with Crippen molar-refractivity contribution in [1.29, 1.82) is 0 Å². The predicted octanol–water partition coefficient (Wildman–Crippen LogP) is 3.38. The molecule has 1 rings (SSSR count). The summed E-state index contributed by atoms with van der Waals surface area (Å²) in [4.78, 5) is 4.27. The van der Waals surface area contributed by atoms with Crippen LogP contribution in [0.5, 0.6) is 0 Å². The average Bonchev–Trinajstić information content (AvgIpc) is 2.36. The highest BCUT2D eigenvalue weighted by molar-refractivity contribution is 6.35. The van der Waals surface area contributed by atoms with E-state index >= 15 is 0 Å². The molecule has 0 bridgehead atoms. The number of halogens is 2. The number of benzene rings is 1. The molecule has 20 heavy (non-hydrogen) atoms. The van der Waals surface area contributed by atoms with Crippen molar-refractivity contribution in [3.63, 3.8) is 0 Å². The molecule has 4 nitrogen and oxygen atoms in total. The molecule has 6 heteroatoms. The van der Waals surface area contributed by atoms with Crippen molar-refractivity contribution in [1.82, 2.24) is 5.32 Å². The van der Waals surface area contributed by atoms with Gasteiger partial charge in [-0.25, -0.2) is 0 Å². The van der Waals surface area contributed by atoms with Gasteiger partial charge in [0.15, 0.2) is 5.96 Å². The van der Waals surface area contributed by atoms with Crippen LogP contribution in [0.3, 0.4) is 0 Å². The molecule has 112 valence electrons. The lowest BCUT2D eigenvalue weighted by atomic mass is 10.1. The largest absolute Gasteiger partial charge is 0.377 e. The maximum atomic E-state index is 6.15. The summed E-state index contributed by atoms with van der Waals surface area (Å²) in [7, 11) is 1.65. The van der Waals surface area contributed by atoms with E-state index in [1.165, 1.54) is 0 Å². The number of guanidine groups is 1.